The van der Waals surface area contributed by atoms with E-state index in [1.165, 1.54) is 18.0 Å². The van der Waals surface area contributed by atoms with Gasteiger partial charge in [0, 0.05) is 36.7 Å². The van der Waals surface area contributed by atoms with Gasteiger partial charge in [0.2, 0.25) is 11.8 Å². The molecule has 1 saturated carbocycles. The summed E-state index contributed by atoms with van der Waals surface area (Å²) in [6, 6.07) is 6.45. The second-order valence-corrected chi connectivity index (χ2v) is 13.2. The zero-order valence-corrected chi connectivity index (χ0v) is 28.0. The number of carbonyl (C=O) groups is 2. The number of aromatic nitrogens is 6. The lowest BCUT2D eigenvalue weighted by molar-refractivity contribution is -0.140. The minimum absolute atomic E-state index is 0.0277. The summed E-state index contributed by atoms with van der Waals surface area (Å²) in [6.45, 7) is 8.66. The summed E-state index contributed by atoms with van der Waals surface area (Å²) < 4.78 is 59.1. The predicted octanol–water partition coefficient (Wildman–Crippen LogP) is 6.80. The lowest BCUT2D eigenvalue weighted by Gasteiger charge is -2.30. The number of alkyl halides is 3. The molecule has 0 saturated heterocycles. The van der Waals surface area contributed by atoms with E-state index in [-0.39, 0.29) is 60.5 Å². The summed E-state index contributed by atoms with van der Waals surface area (Å²) in [4.78, 5) is 49.9. The van der Waals surface area contributed by atoms with Crippen molar-refractivity contribution in [3.05, 3.63) is 65.0 Å². The van der Waals surface area contributed by atoms with Crippen LogP contribution in [0.1, 0.15) is 92.4 Å². The maximum Gasteiger partial charge on any atom is 0.434 e. The number of imide groups is 1. The van der Waals surface area contributed by atoms with E-state index in [9.17, 15) is 22.8 Å². The van der Waals surface area contributed by atoms with E-state index in [2.05, 4.69) is 19.9 Å². The lowest BCUT2D eigenvalue weighted by atomic mass is 10.0. The van der Waals surface area contributed by atoms with Crippen molar-refractivity contribution >= 4 is 12.0 Å². The fraction of sp³-hybridized carbons (Fsp3) is 0.441. The van der Waals surface area contributed by atoms with Crippen LogP contribution in [0.15, 0.2) is 36.8 Å². The molecule has 6 rings (SSSR count). The minimum atomic E-state index is -4.58. The number of carbonyl (C=O) groups excluding carboxylic acids is 2. The van der Waals surface area contributed by atoms with Crippen LogP contribution in [0.5, 0.6) is 11.8 Å². The number of nitrogens with zero attached hydrogens (tertiary/aromatic N) is 7. The third kappa shape index (κ3) is 7.06. The van der Waals surface area contributed by atoms with Crippen molar-refractivity contribution < 1.29 is 37.0 Å². The van der Waals surface area contributed by atoms with Gasteiger partial charge in [-0.15, -0.1) is 0 Å². The highest BCUT2D eigenvalue weighted by atomic mass is 19.4. The van der Waals surface area contributed by atoms with E-state index in [0.717, 1.165) is 29.6 Å². The molecule has 0 N–H and O–H groups in total. The number of hydrogen-bond donors (Lipinski definition) is 0. The maximum absolute atomic E-state index is 13.8. The third-order valence-corrected chi connectivity index (χ3v) is 7.99. The molecule has 0 bridgehead atoms. The van der Waals surface area contributed by atoms with E-state index in [4.69, 9.17) is 19.2 Å². The number of methoxy groups -OCH3 is 1. The molecule has 2 amide bonds. The number of imidazole rings is 1. The average molecular weight is 680 g/mol. The zero-order valence-electron chi connectivity index (χ0n) is 28.0. The Bertz CT molecular complexity index is 1900. The summed E-state index contributed by atoms with van der Waals surface area (Å²) in [7, 11) is 1.49. The monoisotopic (exact) mass is 679 g/mol. The van der Waals surface area contributed by atoms with Crippen LogP contribution < -0.4 is 9.47 Å². The maximum atomic E-state index is 13.8. The Morgan fingerprint density at radius 1 is 1.00 bits per heavy atom. The molecule has 3 aromatic heterocycles. The number of halogens is 3. The number of ether oxygens (including phenoxy) is 3. The van der Waals surface area contributed by atoms with Crippen molar-refractivity contribution in [1.29, 1.82) is 0 Å². The number of benzene rings is 1. The summed E-state index contributed by atoms with van der Waals surface area (Å²) >= 11 is 0. The van der Waals surface area contributed by atoms with E-state index in [0.29, 0.717) is 22.4 Å². The minimum Gasteiger partial charge on any atom is -0.480 e. The van der Waals surface area contributed by atoms with Crippen LogP contribution in [0, 0.1) is 0 Å². The first-order valence-corrected chi connectivity index (χ1v) is 15.9. The van der Waals surface area contributed by atoms with Crippen LogP contribution >= 0.6 is 0 Å². The van der Waals surface area contributed by atoms with E-state index in [1.807, 2.05) is 0 Å². The molecule has 4 aromatic rings. The van der Waals surface area contributed by atoms with Crippen molar-refractivity contribution in [1.82, 2.24) is 34.4 Å². The smallest absolute Gasteiger partial charge is 0.434 e. The van der Waals surface area contributed by atoms with Gasteiger partial charge in [-0.2, -0.15) is 18.2 Å². The van der Waals surface area contributed by atoms with Gasteiger partial charge >= 0.3 is 12.3 Å². The summed E-state index contributed by atoms with van der Waals surface area (Å²) in [5, 5.41) is 0. The largest absolute Gasteiger partial charge is 0.480 e. The second kappa shape index (κ2) is 12.7. The first kappa shape index (κ1) is 33.8. The van der Waals surface area contributed by atoms with Crippen molar-refractivity contribution in [3.63, 3.8) is 0 Å². The molecule has 0 unspecified atom stereocenters. The first-order valence-electron chi connectivity index (χ1n) is 15.9. The van der Waals surface area contributed by atoms with E-state index >= 15 is 0 Å². The third-order valence-electron chi connectivity index (χ3n) is 7.99. The number of rotatable bonds is 8. The van der Waals surface area contributed by atoms with Crippen LogP contribution in [0.3, 0.4) is 0 Å². The molecule has 1 aromatic carbocycles. The van der Waals surface area contributed by atoms with Gasteiger partial charge in [0.15, 0.2) is 11.5 Å². The Morgan fingerprint density at radius 2 is 1.71 bits per heavy atom. The number of hydrogen-bond acceptors (Lipinski definition) is 10. The Morgan fingerprint density at radius 3 is 2.33 bits per heavy atom. The quantitative estimate of drug-likeness (QED) is 0.196. The second-order valence-electron chi connectivity index (χ2n) is 13.2. The molecule has 258 valence electrons. The molecule has 0 radical (unpaired) electrons. The molecule has 4 heterocycles. The molecule has 49 heavy (non-hydrogen) atoms. The molecule has 12 nitrogen and oxygen atoms in total. The number of amides is 2. The topological polar surface area (TPSA) is 134 Å². The van der Waals surface area contributed by atoms with Crippen LogP contribution in [-0.2, 0) is 23.9 Å². The predicted molar refractivity (Wildman–Crippen MR) is 170 cm³/mol. The van der Waals surface area contributed by atoms with Crippen LogP contribution in [0.25, 0.3) is 22.8 Å². The van der Waals surface area contributed by atoms with Crippen LogP contribution in [0.2, 0.25) is 0 Å². The van der Waals surface area contributed by atoms with Gasteiger partial charge in [-0.1, -0.05) is 24.3 Å². The Kier molecular flexibility index (Phi) is 8.80. The molecular formula is C34H36F3N7O5. The molecule has 2 aliphatic rings. The van der Waals surface area contributed by atoms with Crippen molar-refractivity contribution in [2.45, 2.75) is 84.2 Å². The van der Waals surface area contributed by atoms with Crippen LogP contribution in [-0.4, -0.2) is 65.6 Å². The summed E-state index contributed by atoms with van der Waals surface area (Å²) in [5.41, 5.74) is 0.985. The molecule has 0 spiro atoms. The van der Waals surface area contributed by atoms with Gasteiger partial charge in [-0.3, -0.25) is 4.79 Å². The average Bonchev–Trinajstić information content (AvgIpc) is 3.78. The van der Waals surface area contributed by atoms with Gasteiger partial charge in [-0.25, -0.2) is 29.6 Å². The Balaban J connectivity index is 1.35. The molecule has 0 atom stereocenters. The number of fused-ring (bicyclic) bond motifs is 1. The fourth-order valence-corrected chi connectivity index (χ4v) is 5.49. The molecule has 1 aliphatic heterocycles. The van der Waals surface area contributed by atoms with E-state index in [1.54, 1.807) is 58.9 Å². The Labute approximate surface area is 280 Å². The van der Waals surface area contributed by atoms with Crippen molar-refractivity contribution in [2.24, 2.45) is 0 Å². The summed E-state index contributed by atoms with van der Waals surface area (Å²) in [6.07, 6.45) is -0.842. The Hall–Kier alpha value is -5.08. The van der Waals surface area contributed by atoms with Gasteiger partial charge in [0.1, 0.15) is 35.5 Å². The highest BCUT2D eigenvalue weighted by Crippen LogP contribution is 2.45. The fourth-order valence-electron chi connectivity index (χ4n) is 5.49. The van der Waals surface area contributed by atoms with Gasteiger partial charge in [0.25, 0.3) is 5.91 Å². The van der Waals surface area contributed by atoms with Crippen LogP contribution in [0.4, 0.5) is 18.0 Å². The van der Waals surface area contributed by atoms with E-state index < -0.39 is 29.5 Å². The van der Waals surface area contributed by atoms with Crippen molar-refractivity contribution in [3.8, 4) is 34.5 Å². The highest BCUT2D eigenvalue weighted by Gasteiger charge is 2.39. The SMILES string of the molecule is COc1ncnc(C2CC2)c1-c1nc2c(c(OCc3ccc(-c4nc(C(F)(F)F)cn4C(C)C)cc3)n1)C(=O)N(C(=O)OC(C)(C)C)CC2. The summed E-state index contributed by atoms with van der Waals surface area (Å²) in [5.74, 6) is 0.166. The molecule has 1 fully saturated rings. The molecular weight excluding hydrogens is 643 g/mol. The zero-order chi connectivity index (χ0) is 35.2. The molecule has 15 heteroatoms. The normalized spacial score (nSPS) is 15.0. The highest BCUT2D eigenvalue weighted by molar-refractivity contribution is 6.06. The van der Waals surface area contributed by atoms with Gasteiger partial charge in [-0.05, 0) is 53.0 Å². The lowest BCUT2D eigenvalue weighted by Crippen LogP contribution is -2.45. The molecule has 1 aliphatic carbocycles. The van der Waals surface area contributed by atoms with Gasteiger partial charge < -0.3 is 18.8 Å². The standard InChI is InChI=1S/C34H36F3N7O5/c1-18(2)44-15-23(34(35,36)37)41-28(44)21-9-7-19(8-10-21)16-48-30-24-22(13-14-43(31(24)45)32(46)49-33(3,4)5)40-27(42-30)25-26(20-11-12-20)38-17-39-29(25)47-6/h7-10,15,17-18,20H,11-14,16H2,1-6H3. The van der Waals surface area contributed by atoms with Gasteiger partial charge in [0.05, 0.1) is 18.5 Å². The first-order chi connectivity index (χ1) is 23.1. The van der Waals surface area contributed by atoms with Crippen molar-refractivity contribution in [2.75, 3.05) is 13.7 Å².